The van der Waals surface area contributed by atoms with Crippen LogP contribution in [0.15, 0.2) is 18.2 Å². The summed E-state index contributed by atoms with van der Waals surface area (Å²) in [7, 11) is 1.52. The number of methoxy groups -OCH3 is 1. The highest BCUT2D eigenvalue weighted by Crippen LogP contribution is 2.31. The number of carbonyl (C=O) groups excluding carboxylic acids is 1. The Bertz CT molecular complexity index is 472. The Hall–Kier alpha value is -1.99. The van der Waals surface area contributed by atoms with Crippen LogP contribution in [0.1, 0.15) is 19.4 Å². The second-order valence-electron chi connectivity index (χ2n) is 3.81. The fourth-order valence-corrected chi connectivity index (χ4v) is 1.43. The van der Waals surface area contributed by atoms with Crippen LogP contribution in [-0.4, -0.2) is 18.1 Å². The van der Waals surface area contributed by atoms with Crippen molar-refractivity contribution < 1.29 is 14.6 Å². The summed E-state index contributed by atoms with van der Waals surface area (Å²) in [6, 6.07) is 4.92. The Morgan fingerprint density at radius 1 is 1.59 bits per heavy atom. The van der Waals surface area contributed by atoms with Crippen LogP contribution in [-0.2, 0) is 10.4 Å². The van der Waals surface area contributed by atoms with Crippen molar-refractivity contribution in [3.05, 3.63) is 23.8 Å². The lowest BCUT2D eigenvalue weighted by atomic mass is 9.95. The third-order valence-corrected chi connectivity index (χ3v) is 2.34. The summed E-state index contributed by atoms with van der Waals surface area (Å²) in [4.78, 5) is 11.1. The SMILES string of the molecule is C#CC(C)(O)c1cc(OC)ccc1NC(C)=O. The van der Waals surface area contributed by atoms with E-state index in [9.17, 15) is 9.90 Å². The number of anilines is 1. The first-order valence-corrected chi connectivity index (χ1v) is 5.07. The second kappa shape index (κ2) is 4.89. The number of ether oxygens (including phenoxy) is 1. The van der Waals surface area contributed by atoms with Crippen molar-refractivity contribution in [3.63, 3.8) is 0 Å². The Morgan fingerprint density at radius 2 is 2.24 bits per heavy atom. The predicted octanol–water partition coefficient (Wildman–Crippen LogP) is 1.49. The molecule has 4 nitrogen and oxygen atoms in total. The first-order chi connectivity index (χ1) is 7.90. The molecule has 17 heavy (non-hydrogen) atoms. The van der Waals surface area contributed by atoms with Gasteiger partial charge in [-0.3, -0.25) is 4.79 Å². The highest BCUT2D eigenvalue weighted by Gasteiger charge is 2.24. The number of nitrogens with one attached hydrogen (secondary N) is 1. The van der Waals surface area contributed by atoms with Crippen LogP contribution in [0.4, 0.5) is 5.69 Å². The summed E-state index contributed by atoms with van der Waals surface area (Å²) in [5.74, 6) is 2.60. The molecule has 1 atom stereocenters. The molecule has 0 radical (unpaired) electrons. The summed E-state index contributed by atoms with van der Waals surface area (Å²) in [5, 5.41) is 12.7. The van der Waals surface area contributed by atoms with Crippen LogP contribution in [0.5, 0.6) is 5.75 Å². The van der Waals surface area contributed by atoms with Gasteiger partial charge in [0, 0.05) is 18.2 Å². The van der Waals surface area contributed by atoms with E-state index in [0.29, 0.717) is 17.0 Å². The van der Waals surface area contributed by atoms with E-state index in [4.69, 9.17) is 11.2 Å². The van der Waals surface area contributed by atoms with Crippen LogP contribution in [0.3, 0.4) is 0 Å². The van der Waals surface area contributed by atoms with Crippen molar-refractivity contribution in [1.29, 1.82) is 0 Å². The van der Waals surface area contributed by atoms with Gasteiger partial charge in [0.25, 0.3) is 0 Å². The average Bonchev–Trinajstić information content (AvgIpc) is 2.28. The number of hydrogen-bond acceptors (Lipinski definition) is 3. The van der Waals surface area contributed by atoms with Crippen molar-refractivity contribution in [2.75, 3.05) is 12.4 Å². The van der Waals surface area contributed by atoms with Crippen LogP contribution < -0.4 is 10.1 Å². The number of terminal acetylenes is 1. The molecular formula is C13H15NO3. The summed E-state index contributed by atoms with van der Waals surface area (Å²) in [5.41, 5.74) is -0.567. The minimum Gasteiger partial charge on any atom is -0.497 e. The first kappa shape index (κ1) is 13.1. The smallest absolute Gasteiger partial charge is 0.221 e. The fourth-order valence-electron chi connectivity index (χ4n) is 1.43. The van der Waals surface area contributed by atoms with Crippen molar-refractivity contribution in [3.8, 4) is 18.1 Å². The van der Waals surface area contributed by atoms with Gasteiger partial charge < -0.3 is 15.2 Å². The maximum Gasteiger partial charge on any atom is 0.221 e. The molecule has 90 valence electrons. The molecule has 0 aliphatic heterocycles. The molecule has 0 bridgehead atoms. The van der Waals surface area contributed by atoms with Crippen LogP contribution in [0.25, 0.3) is 0 Å². The standard InChI is InChI=1S/C13H15NO3/c1-5-13(3,16)11-8-10(17-4)6-7-12(11)14-9(2)15/h1,6-8,16H,2-4H3,(H,14,15). The van der Waals surface area contributed by atoms with Gasteiger partial charge in [-0.15, -0.1) is 6.42 Å². The minimum absolute atomic E-state index is 0.232. The van der Waals surface area contributed by atoms with Gasteiger partial charge in [0.05, 0.1) is 7.11 Å². The molecule has 0 aromatic heterocycles. The Morgan fingerprint density at radius 3 is 2.71 bits per heavy atom. The van der Waals surface area contributed by atoms with Crippen LogP contribution >= 0.6 is 0 Å². The van der Waals surface area contributed by atoms with E-state index < -0.39 is 5.60 Å². The summed E-state index contributed by atoms with van der Waals surface area (Å²) in [6.07, 6.45) is 5.28. The van der Waals surface area contributed by atoms with Gasteiger partial charge >= 0.3 is 0 Å². The Kier molecular flexibility index (Phi) is 3.77. The lowest BCUT2D eigenvalue weighted by Gasteiger charge is -2.21. The van der Waals surface area contributed by atoms with Crippen molar-refractivity contribution in [2.24, 2.45) is 0 Å². The van der Waals surface area contributed by atoms with E-state index in [-0.39, 0.29) is 5.91 Å². The van der Waals surface area contributed by atoms with E-state index in [2.05, 4.69) is 11.2 Å². The second-order valence-corrected chi connectivity index (χ2v) is 3.81. The van der Waals surface area contributed by atoms with Gasteiger partial charge in [-0.1, -0.05) is 5.92 Å². The molecule has 0 spiro atoms. The first-order valence-electron chi connectivity index (χ1n) is 5.07. The van der Waals surface area contributed by atoms with Gasteiger partial charge in [-0.2, -0.15) is 0 Å². The van der Waals surface area contributed by atoms with Crippen molar-refractivity contribution in [2.45, 2.75) is 19.4 Å². The molecule has 1 unspecified atom stereocenters. The number of hydrogen-bond donors (Lipinski definition) is 2. The molecule has 0 aliphatic rings. The molecule has 0 heterocycles. The molecule has 2 N–H and O–H groups in total. The normalized spacial score (nSPS) is 13.4. The number of carbonyl (C=O) groups is 1. The molecular weight excluding hydrogens is 218 g/mol. The zero-order valence-corrected chi connectivity index (χ0v) is 10.1. The van der Waals surface area contributed by atoms with E-state index in [0.717, 1.165) is 0 Å². The molecule has 1 aromatic rings. The van der Waals surface area contributed by atoms with Gasteiger partial charge in [0.2, 0.25) is 5.91 Å². The summed E-state index contributed by atoms with van der Waals surface area (Å²) < 4.78 is 5.06. The number of amides is 1. The number of rotatable bonds is 3. The maximum atomic E-state index is 11.1. The predicted molar refractivity (Wildman–Crippen MR) is 65.7 cm³/mol. The number of aliphatic hydroxyl groups is 1. The molecule has 0 aliphatic carbocycles. The third-order valence-electron chi connectivity index (χ3n) is 2.34. The Labute approximate surface area is 101 Å². The minimum atomic E-state index is -1.47. The van der Waals surface area contributed by atoms with Crippen LogP contribution in [0, 0.1) is 12.3 Å². The van der Waals surface area contributed by atoms with E-state index in [1.807, 2.05) is 0 Å². The maximum absolute atomic E-state index is 11.1. The van der Waals surface area contributed by atoms with Crippen molar-refractivity contribution in [1.82, 2.24) is 0 Å². The largest absolute Gasteiger partial charge is 0.497 e. The molecule has 0 fully saturated rings. The van der Waals surface area contributed by atoms with E-state index in [1.165, 1.54) is 21.0 Å². The summed E-state index contributed by atoms with van der Waals surface area (Å²) in [6.45, 7) is 2.87. The van der Waals surface area contributed by atoms with E-state index in [1.54, 1.807) is 18.2 Å². The van der Waals surface area contributed by atoms with Gasteiger partial charge in [0.1, 0.15) is 11.4 Å². The van der Waals surface area contributed by atoms with Crippen molar-refractivity contribution >= 4 is 11.6 Å². The monoisotopic (exact) mass is 233 g/mol. The lowest BCUT2D eigenvalue weighted by molar-refractivity contribution is -0.114. The van der Waals surface area contributed by atoms with Gasteiger partial charge in [-0.05, 0) is 25.1 Å². The topological polar surface area (TPSA) is 58.6 Å². The summed E-state index contributed by atoms with van der Waals surface area (Å²) >= 11 is 0. The molecule has 1 rings (SSSR count). The highest BCUT2D eigenvalue weighted by molar-refractivity contribution is 5.90. The highest BCUT2D eigenvalue weighted by atomic mass is 16.5. The molecule has 1 aromatic carbocycles. The zero-order valence-electron chi connectivity index (χ0n) is 10.1. The average molecular weight is 233 g/mol. The lowest BCUT2D eigenvalue weighted by Crippen LogP contribution is -2.21. The Balaban J connectivity index is 3.31. The fraction of sp³-hybridized carbons (Fsp3) is 0.308. The van der Waals surface area contributed by atoms with Crippen LogP contribution in [0.2, 0.25) is 0 Å². The third kappa shape index (κ3) is 2.99. The number of benzene rings is 1. The van der Waals surface area contributed by atoms with E-state index >= 15 is 0 Å². The zero-order chi connectivity index (χ0) is 13.1. The molecule has 1 amide bonds. The molecule has 4 heteroatoms. The van der Waals surface area contributed by atoms with Gasteiger partial charge in [0.15, 0.2) is 0 Å². The molecule has 0 saturated carbocycles. The quantitative estimate of drug-likeness (QED) is 0.778. The molecule has 0 saturated heterocycles. The van der Waals surface area contributed by atoms with Gasteiger partial charge in [-0.25, -0.2) is 0 Å².